The molecule has 45 heavy (non-hydrogen) atoms. The number of carbonyl (C=O) groups excluding carboxylic acids is 2. The van der Waals surface area contributed by atoms with Gasteiger partial charge in [-0.2, -0.15) is 5.06 Å². The largest absolute Gasteiger partial charge is 0.377 e. The van der Waals surface area contributed by atoms with E-state index in [0.717, 1.165) is 0 Å². The van der Waals surface area contributed by atoms with Gasteiger partial charge in [0.1, 0.15) is 36.6 Å². The number of likely N-dealkylation sites (N-methyl/N-ethyl adjacent to an activating group) is 1. The van der Waals surface area contributed by atoms with E-state index in [4.69, 9.17) is 33.3 Å². The predicted octanol–water partition coefficient (Wildman–Crippen LogP) is 0.209. The van der Waals surface area contributed by atoms with Crippen molar-refractivity contribution in [2.75, 3.05) is 34.5 Å². The topological polar surface area (TPSA) is 169 Å². The SMILES string of the molecule is COC1[C@H](C2C=C(C)C(=O)NC2=O)O[C@H](COC(C)C)[C@@H]1N(C)OC[C@H]1O[C@@H](n2cc(C)c(=O)[nH]c2=O)C(OC)[C@H]1OC(C)C. The molecule has 2 fully saturated rings. The highest BCUT2D eigenvalue weighted by Gasteiger charge is 2.53. The first kappa shape index (κ1) is 35.1. The molecule has 252 valence electrons. The minimum atomic E-state index is -0.902. The highest BCUT2D eigenvalue weighted by Crippen LogP contribution is 2.36. The van der Waals surface area contributed by atoms with Gasteiger partial charge in [-0.3, -0.25) is 34.1 Å². The molecular weight excluding hydrogens is 592 g/mol. The maximum atomic E-state index is 12.9. The number of ether oxygens (including phenoxy) is 6. The maximum absolute atomic E-state index is 12.9. The first-order chi connectivity index (χ1) is 21.3. The molecule has 2 amide bonds. The third-order valence-electron chi connectivity index (χ3n) is 8.19. The van der Waals surface area contributed by atoms with Crippen LogP contribution < -0.4 is 16.6 Å². The Bertz CT molecular complexity index is 1360. The van der Waals surface area contributed by atoms with Gasteiger partial charge >= 0.3 is 5.69 Å². The van der Waals surface area contributed by atoms with Crippen LogP contribution in [0.1, 0.15) is 46.4 Å². The van der Waals surface area contributed by atoms with Gasteiger partial charge in [0.15, 0.2) is 6.23 Å². The molecule has 15 heteroatoms. The summed E-state index contributed by atoms with van der Waals surface area (Å²) in [4.78, 5) is 58.3. The van der Waals surface area contributed by atoms with Gasteiger partial charge in [0.25, 0.3) is 11.5 Å². The Morgan fingerprint density at radius 2 is 1.62 bits per heavy atom. The highest BCUT2D eigenvalue weighted by molar-refractivity contribution is 6.08. The van der Waals surface area contributed by atoms with Crippen molar-refractivity contribution in [3.63, 3.8) is 0 Å². The second-order valence-corrected chi connectivity index (χ2v) is 12.1. The number of nitrogens with one attached hydrogen (secondary N) is 2. The summed E-state index contributed by atoms with van der Waals surface area (Å²) in [6, 6.07) is -0.526. The summed E-state index contributed by atoms with van der Waals surface area (Å²) in [6.45, 7) is 11.0. The minimum Gasteiger partial charge on any atom is -0.377 e. The monoisotopic (exact) mass is 638 g/mol. The van der Waals surface area contributed by atoms with E-state index in [1.165, 1.54) is 25.0 Å². The van der Waals surface area contributed by atoms with E-state index in [2.05, 4.69) is 10.3 Å². The molecule has 2 N–H and O–H groups in total. The summed E-state index contributed by atoms with van der Waals surface area (Å²) >= 11 is 0. The summed E-state index contributed by atoms with van der Waals surface area (Å²) < 4.78 is 37.8. The van der Waals surface area contributed by atoms with Crippen LogP contribution in [0, 0.1) is 12.8 Å². The number of methoxy groups -OCH3 is 2. The molecule has 0 spiro atoms. The van der Waals surface area contributed by atoms with Gasteiger partial charge in [-0.15, -0.1) is 0 Å². The van der Waals surface area contributed by atoms with Gasteiger partial charge in [0, 0.05) is 38.6 Å². The standard InChI is InChI=1S/C30H46N4O11/c1-14(2)41-12-19-21(24(39-8)22(44-19)18-10-16(5)26(35)31-28(18)37)33(7)42-13-20-23(43-15(3)4)25(40-9)29(45-20)34-11-17(6)27(36)32-30(34)38/h10-11,14-15,18-25,29H,12-13H2,1-9H3,(H,31,35,37)(H,32,36,38)/t18?,19-,20-,21+,22+,23+,24?,25?,29-/m1/s1. The van der Waals surface area contributed by atoms with E-state index < -0.39 is 77.9 Å². The minimum absolute atomic E-state index is 0.00583. The lowest BCUT2D eigenvalue weighted by Gasteiger charge is -2.33. The van der Waals surface area contributed by atoms with Crippen LogP contribution in [0.3, 0.4) is 0 Å². The Morgan fingerprint density at radius 1 is 0.933 bits per heavy atom. The molecular formula is C30H46N4O11. The lowest BCUT2D eigenvalue weighted by molar-refractivity contribution is -0.223. The van der Waals surface area contributed by atoms with Gasteiger partial charge in [-0.25, -0.2) is 4.79 Å². The number of hydrogen-bond acceptors (Lipinski definition) is 12. The van der Waals surface area contributed by atoms with Gasteiger partial charge in [-0.1, -0.05) is 6.08 Å². The van der Waals surface area contributed by atoms with Crippen molar-refractivity contribution >= 4 is 11.8 Å². The molecule has 3 aliphatic rings. The van der Waals surface area contributed by atoms with Crippen LogP contribution in [0.25, 0.3) is 0 Å². The van der Waals surface area contributed by atoms with Crippen LogP contribution in [0.2, 0.25) is 0 Å². The van der Waals surface area contributed by atoms with Crippen molar-refractivity contribution in [2.45, 2.75) is 103 Å². The number of H-pyrrole nitrogens is 1. The van der Waals surface area contributed by atoms with Crippen LogP contribution in [0.15, 0.2) is 27.4 Å². The average Bonchev–Trinajstić information content (AvgIpc) is 3.51. The molecule has 0 saturated carbocycles. The fourth-order valence-corrected chi connectivity index (χ4v) is 6.00. The summed E-state index contributed by atoms with van der Waals surface area (Å²) in [5.74, 6) is -1.68. The number of aromatic nitrogens is 2. The number of hydrogen-bond donors (Lipinski definition) is 2. The van der Waals surface area contributed by atoms with Crippen LogP contribution in [-0.2, 0) is 42.8 Å². The number of nitrogens with zero attached hydrogens (tertiary/aromatic N) is 2. The first-order valence-electron chi connectivity index (χ1n) is 15.1. The summed E-state index contributed by atoms with van der Waals surface area (Å²) in [7, 11) is 4.76. The molecule has 0 radical (unpaired) electrons. The van der Waals surface area contributed by atoms with Crippen LogP contribution in [0.4, 0.5) is 0 Å². The van der Waals surface area contributed by atoms with E-state index in [9.17, 15) is 19.2 Å². The summed E-state index contributed by atoms with van der Waals surface area (Å²) in [5, 5.41) is 3.99. The van der Waals surface area contributed by atoms with Gasteiger partial charge < -0.3 is 28.4 Å². The zero-order valence-electron chi connectivity index (χ0n) is 27.3. The number of hydroxylamine groups is 2. The van der Waals surface area contributed by atoms with Crippen molar-refractivity contribution in [1.82, 2.24) is 19.9 Å². The molecule has 0 aliphatic carbocycles. The number of aromatic amines is 1. The quantitative estimate of drug-likeness (QED) is 0.223. The second-order valence-electron chi connectivity index (χ2n) is 12.1. The van der Waals surface area contributed by atoms with Crippen molar-refractivity contribution in [1.29, 1.82) is 0 Å². The predicted molar refractivity (Wildman–Crippen MR) is 159 cm³/mol. The molecule has 15 nitrogen and oxygen atoms in total. The lowest BCUT2D eigenvalue weighted by atomic mass is 9.90. The van der Waals surface area contributed by atoms with Gasteiger partial charge in [-0.05, 0) is 41.5 Å². The molecule has 9 atom stereocenters. The van der Waals surface area contributed by atoms with Crippen LogP contribution >= 0.6 is 0 Å². The Kier molecular flexibility index (Phi) is 11.5. The summed E-state index contributed by atoms with van der Waals surface area (Å²) in [6.07, 6.45) is -2.08. The molecule has 1 aromatic rings. The van der Waals surface area contributed by atoms with Crippen molar-refractivity contribution in [3.05, 3.63) is 44.2 Å². The average molecular weight is 639 g/mol. The van der Waals surface area contributed by atoms with Crippen molar-refractivity contribution in [2.24, 2.45) is 5.92 Å². The third kappa shape index (κ3) is 7.63. The van der Waals surface area contributed by atoms with Crippen LogP contribution in [0.5, 0.6) is 0 Å². The molecule has 2 saturated heterocycles. The smallest absolute Gasteiger partial charge is 0.330 e. The number of amides is 2. The van der Waals surface area contributed by atoms with Gasteiger partial charge in [0.2, 0.25) is 5.91 Å². The summed E-state index contributed by atoms with van der Waals surface area (Å²) in [5.41, 5.74) is -0.369. The molecule has 4 heterocycles. The Hall–Kier alpha value is -2.76. The van der Waals surface area contributed by atoms with E-state index in [1.807, 2.05) is 27.7 Å². The number of imide groups is 1. The van der Waals surface area contributed by atoms with E-state index in [1.54, 1.807) is 32.0 Å². The lowest BCUT2D eigenvalue weighted by Crippen LogP contribution is -2.52. The Labute approximate surface area is 262 Å². The second kappa shape index (κ2) is 14.8. The molecule has 0 aromatic carbocycles. The number of rotatable bonds is 13. The molecule has 0 bridgehead atoms. The molecule has 3 unspecified atom stereocenters. The number of carbonyl (C=O) groups is 2. The van der Waals surface area contributed by atoms with Crippen molar-refractivity contribution < 1.29 is 42.8 Å². The van der Waals surface area contributed by atoms with Crippen LogP contribution in [-0.4, -0.2) is 116 Å². The molecule has 4 rings (SSSR count). The molecule has 3 aliphatic heterocycles. The Balaban J connectivity index is 1.58. The zero-order valence-corrected chi connectivity index (χ0v) is 27.3. The van der Waals surface area contributed by atoms with E-state index in [0.29, 0.717) is 11.1 Å². The fourth-order valence-electron chi connectivity index (χ4n) is 6.00. The third-order valence-corrected chi connectivity index (χ3v) is 8.19. The van der Waals surface area contributed by atoms with E-state index >= 15 is 0 Å². The van der Waals surface area contributed by atoms with Crippen molar-refractivity contribution in [3.8, 4) is 0 Å². The highest BCUT2D eigenvalue weighted by atomic mass is 16.7. The number of aryl methyl sites for hydroxylation is 1. The first-order valence-corrected chi connectivity index (χ1v) is 15.1. The molecule has 1 aromatic heterocycles. The Morgan fingerprint density at radius 3 is 2.24 bits per heavy atom. The van der Waals surface area contributed by atoms with E-state index in [-0.39, 0.29) is 25.4 Å². The van der Waals surface area contributed by atoms with Gasteiger partial charge in [0.05, 0.1) is 37.4 Å². The fraction of sp³-hybridized carbons (Fsp3) is 0.733. The normalized spacial score (nSPS) is 32.2. The maximum Gasteiger partial charge on any atom is 0.330 e. The zero-order chi connectivity index (χ0) is 33.2.